The second kappa shape index (κ2) is 8.83. The van der Waals surface area contributed by atoms with Gasteiger partial charge in [0.05, 0.1) is 19.4 Å². The van der Waals surface area contributed by atoms with Gasteiger partial charge in [0.25, 0.3) is 0 Å². The number of nitrogens with one attached hydrogen (secondary N) is 1. The van der Waals surface area contributed by atoms with Crippen LogP contribution in [0.5, 0.6) is 11.5 Å². The molecule has 0 aliphatic rings. The van der Waals surface area contributed by atoms with E-state index < -0.39 is 0 Å². The highest BCUT2D eigenvalue weighted by atomic mass is 16.5. The van der Waals surface area contributed by atoms with Gasteiger partial charge in [-0.1, -0.05) is 31.2 Å². The molecule has 0 bridgehead atoms. The lowest BCUT2D eigenvalue weighted by Crippen LogP contribution is -2.13. The van der Waals surface area contributed by atoms with Crippen LogP contribution in [0.25, 0.3) is 0 Å². The number of anilines is 1. The fraction of sp³-hybridized carbons (Fsp3) is 0.316. The van der Waals surface area contributed by atoms with Crippen LogP contribution < -0.4 is 14.8 Å². The summed E-state index contributed by atoms with van der Waals surface area (Å²) in [6, 6.07) is 15.4. The van der Waals surface area contributed by atoms with Crippen LogP contribution >= 0.6 is 0 Å². The van der Waals surface area contributed by atoms with Crippen molar-refractivity contribution in [3.63, 3.8) is 0 Å². The van der Waals surface area contributed by atoms with Gasteiger partial charge in [0, 0.05) is 6.42 Å². The molecule has 0 saturated carbocycles. The summed E-state index contributed by atoms with van der Waals surface area (Å²) < 4.78 is 10.9. The molecule has 0 radical (unpaired) electrons. The average Bonchev–Trinajstić information content (AvgIpc) is 2.59. The van der Waals surface area contributed by atoms with Crippen molar-refractivity contribution in [1.29, 1.82) is 0 Å². The van der Waals surface area contributed by atoms with E-state index in [1.807, 2.05) is 36.4 Å². The fourth-order valence-electron chi connectivity index (χ4n) is 2.20. The molecule has 2 rings (SSSR count). The van der Waals surface area contributed by atoms with Crippen molar-refractivity contribution in [2.24, 2.45) is 0 Å². The lowest BCUT2D eigenvalue weighted by atomic mass is 10.2. The van der Waals surface area contributed by atoms with Crippen molar-refractivity contribution in [2.75, 3.05) is 19.0 Å². The zero-order valence-electron chi connectivity index (χ0n) is 13.7. The van der Waals surface area contributed by atoms with E-state index in [0.717, 1.165) is 12.2 Å². The lowest BCUT2D eigenvalue weighted by molar-refractivity contribution is -0.116. The van der Waals surface area contributed by atoms with E-state index >= 15 is 0 Å². The van der Waals surface area contributed by atoms with Gasteiger partial charge in [-0.3, -0.25) is 4.79 Å². The van der Waals surface area contributed by atoms with Crippen molar-refractivity contribution in [2.45, 2.75) is 26.2 Å². The Kier molecular flexibility index (Phi) is 6.48. The van der Waals surface area contributed by atoms with Gasteiger partial charge in [0.15, 0.2) is 0 Å². The van der Waals surface area contributed by atoms with Crippen molar-refractivity contribution in [3.05, 3.63) is 54.1 Å². The number of carbonyl (C=O) groups excluding carboxylic acids is 1. The van der Waals surface area contributed by atoms with Crippen LogP contribution in [0.1, 0.15) is 25.3 Å². The SMILES string of the molecule is CCc1ccc(OCCCC(=O)Nc2ccccc2OC)cc1. The van der Waals surface area contributed by atoms with E-state index in [4.69, 9.17) is 9.47 Å². The zero-order chi connectivity index (χ0) is 16.5. The molecule has 122 valence electrons. The van der Waals surface area contributed by atoms with E-state index in [1.54, 1.807) is 7.11 Å². The molecule has 0 aliphatic carbocycles. The molecule has 0 fully saturated rings. The molecule has 4 heteroatoms. The monoisotopic (exact) mass is 313 g/mol. The van der Waals surface area contributed by atoms with Crippen molar-refractivity contribution < 1.29 is 14.3 Å². The number of ether oxygens (including phenoxy) is 2. The Morgan fingerprint density at radius 2 is 1.83 bits per heavy atom. The average molecular weight is 313 g/mol. The Morgan fingerprint density at radius 1 is 1.09 bits per heavy atom. The minimum Gasteiger partial charge on any atom is -0.495 e. The molecular formula is C19H23NO3. The number of carbonyl (C=O) groups is 1. The first-order valence-corrected chi connectivity index (χ1v) is 7.87. The van der Waals surface area contributed by atoms with Gasteiger partial charge in [-0.05, 0) is 42.7 Å². The summed E-state index contributed by atoms with van der Waals surface area (Å²) in [5.41, 5.74) is 1.98. The second-order valence-electron chi connectivity index (χ2n) is 5.20. The van der Waals surface area contributed by atoms with Crippen LogP contribution in [0, 0.1) is 0 Å². The number of rotatable bonds is 8. The first kappa shape index (κ1) is 16.9. The number of benzene rings is 2. The van der Waals surface area contributed by atoms with Gasteiger partial charge < -0.3 is 14.8 Å². The van der Waals surface area contributed by atoms with Gasteiger partial charge in [-0.25, -0.2) is 0 Å². The maximum Gasteiger partial charge on any atom is 0.224 e. The smallest absolute Gasteiger partial charge is 0.224 e. The van der Waals surface area contributed by atoms with Crippen LogP contribution in [0.4, 0.5) is 5.69 Å². The molecule has 0 heterocycles. The number of methoxy groups -OCH3 is 1. The number of amides is 1. The van der Waals surface area contributed by atoms with Gasteiger partial charge in [-0.15, -0.1) is 0 Å². The predicted molar refractivity (Wildman–Crippen MR) is 92.2 cm³/mol. The summed E-state index contributed by atoms with van der Waals surface area (Å²) in [4.78, 5) is 12.0. The van der Waals surface area contributed by atoms with Crippen LogP contribution in [0.2, 0.25) is 0 Å². The molecule has 0 unspecified atom stereocenters. The van der Waals surface area contributed by atoms with Gasteiger partial charge in [0.1, 0.15) is 11.5 Å². The van der Waals surface area contributed by atoms with Crippen molar-refractivity contribution in [3.8, 4) is 11.5 Å². The predicted octanol–water partition coefficient (Wildman–Crippen LogP) is 4.06. The summed E-state index contributed by atoms with van der Waals surface area (Å²) in [5.74, 6) is 1.46. The minimum atomic E-state index is -0.0422. The minimum absolute atomic E-state index is 0.0422. The quantitative estimate of drug-likeness (QED) is 0.748. The van der Waals surface area contributed by atoms with Crippen LogP contribution in [-0.2, 0) is 11.2 Å². The Hall–Kier alpha value is -2.49. The van der Waals surface area contributed by atoms with Crippen LogP contribution in [-0.4, -0.2) is 19.6 Å². The molecular weight excluding hydrogens is 290 g/mol. The Bertz CT molecular complexity index is 623. The standard InChI is InChI=1S/C19H23NO3/c1-3-15-10-12-16(13-11-15)23-14-6-9-19(21)20-17-7-4-5-8-18(17)22-2/h4-5,7-8,10-13H,3,6,9,14H2,1-2H3,(H,20,21). The summed E-state index contributed by atoms with van der Waals surface area (Å²) >= 11 is 0. The van der Waals surface area contributed by atoms with Crippen molar-refractivity contribution >= 4 is 11.6 Å². The Labute approximate surface area is 137 Å². The van der Waals surface area contributed by atoms with E-state index in [1.165, 1.54) is 5.56 Å². The van der Waals surface area contributed by atoms with Gasteiger partial charge >= 0.3 is 0 Å². The highest BCUT2D eigenvalue weighted by Crippen LogP contribution is 2.23. The second-order valence-corrected chi connectivity index (χ2v) is 5.20. The molecule has 4 nitrogen and oxygen atoms in total. The summed E-state index contributed by atoms with van der Waals surface area (Å²) in [7, 11) is 1.59. The number of hydrogen-bond acceptors (Lipinski definition) is 3. The summed E-state index contributed by atoms with van der Waals surface area (Å²) in [6.45, 7) is 2.64. The highest BCUT2D eigenvalue weighted by Gasteiger charge is 2.06. The lowest BCUT2D eigenvalue weighted by Gasteiger charge is -2.10. The maximum atomic E-state index is 12.0. The molecule has 1 amide bonds. The third kappa shape index (κ3) is 5.33. The Morgan fingerprint density at radius 3 is 2.52 bits per heavy atom. The van der Waals surface area contributed by atoms with E-state index in [0.29, 0.717) is 30.9 Å². The number of aryl methyl sites for hydroxylation is 1. The van der Waals surface area contributed by atoms with Crippen molar-refractivity contribution in [1.82, 2.24) is 0 Å². The summed E-state index contributed by atoms with van der Waals surface area (Å²) in [6.07, 6.45) is 2.09. The van der Waals surface area contributed by atoms with Gasteiger partial charge in [-0.2, -0.15) is 0 Å². The molecule has 0 spiro atoms. The third-order valence-corrected chi connectivity index (χ3v) is 3.53. The van der Waals surface area contributed by atoms with Crippen LogP contribution in [0.15, 0.2) is 48.5 Å². The van der Waals surface area contributed by atoms with Crippen LogP contribution in [0.3, 0.4) is 0 Å². The van der Waals surface area contributed by atoms with E-state index in [9.17, 15) is 4.79 Å². The highest BCUT2D eigenvalue weighted by molar-refractivity contribution is 5.92. The Balaban J connectivity index is 1.72. The number of para-hydroxylation sites is 2. The maximum absolute atomic E-state index is 12.0. The third-order valence-electron chi connectivity index (χ3n) is 3.53. The molecule has 0 saturated heterocycles. The molecule has 1 N–H and O–H groups in total. The topological polar surface area (TPSA) is 47.6 Å². The first-order valence-electron chi connectivity index (χ1n) is 7.87. The van der Waals surface area contributed by atoms with Gasteiger partial charge in [0.2, 0.25) is 5.91 Å². The largest absolute Gasteiger partial charge is 0.495 e. The molecule has 0 aromatic heterocycles. The summed E-state index contributed by atoms with van der Waals surface area (Å²) in [5, 5.41) is 2.86. The first-order chi connectivity index (χ1) is 11.2. The molecule has 2 aromatic carbocycles. The zero-order valence-corrected chi connectivity index (χ0v) is 13.7. The molecule has 0 aliphatic heterocycles. The molecule has 0 atom stereocenters. The molecule has 23 heavy (non-hydrogen) atoms. The van der Waals surface area contributed by atoms with E-state index in [2.05, 4.69) is 24.4 Å². The molecule has 2 aromatic rings. The number of hydrogen-bond donors (Lipinski definition) is 1. The normalized spacial score (nSPS) is 10.2. The fourth-order valence-corrected chi connectivity index (χ4v) is 2.20. The van der Waals surface area contributed by atoms with E-state index in [-0.39, 0.29) is 5.91 Å².